The van der Waals surface area contributed by atoms with Gasteiger partial charge in [-0.2, -0.15) is 5.26 Å². The minimum absolute atomic E-state index is 0.0918. The number of hydrogen-bond acceptors (Lipinski definition) is 5. The summed E-state index contributed by atoms with van der Waals surface area (Å²) in [4.78, 5) is 11.7. The molecule has 5 nitrogen and oxygen atoms in total. The summed E-state index contributed by atoms with van der Waals surface area (Å²) in [5, 5.41) is 9.21. The Kier molecular flexibility index (Phi) is 4.04. The van der Waals surface area contributed by atoms with E-state index < -0.39 is 11.4 Å². The van der Waals surface area contributed by atoms with E-state index in [9.17, 15) is 10.1 Å². The predicted octanol–water partition coefficient (Wildman–Crippen LogP) is 2.52. The lowest BCUT2D eigenvalue weighted by molar-refractivity contribution is -0.00469. The summed E-state index contributed by atoms with van der Waals surface area (Å²) >= 11 is 3.11. The zero-order valence-electron chi connectivity index (χ0n) is 9.65. The summed E-state index contributed by atoms with van der Waals surface area (Å²) in [5.41, 5.74) is -0.281. The molecule has 0 unspecified atom stereocenters. The Bertz CT molecular complexity index is 471. The Labute approximate surface area is 113 Å². The Morgan fingerprint density at radius 3 is 2.83 bits per heavy atom. The Balaban J connectivity index is 1.94. The number of ether oxygens (including phenoxy) is 2. The minimum atomic E-state index is -0.616. The van der Waals surface area contributed by atoms with Gasteiger partial charge in [-0.05, 0) is 28.8 Å². The van der Waals surface area contributed by atoms with E-state index in [1.807, 2.05) is 0 Å². The van der Waals surface area contributed by atoms with Gasteiger partial charge in [-0.25, -0.2) is 4.79 Å². The molecule has 6 heteroatoms. The number of nitrogens with zero attached hydrogens (tertiary/aromatic N) is 1. The summed E-state index contributed by atoms with van der Waals surface area (Å²) in [7, 11) is 0. The van der Waals surface area contributed by atoms with Crippen molar-refractivity contribution in [3.8, 4) is 6.07 Å². The first kappa shape index (κ1) is 13.1. The summed E-state index contributed by atoms with van der Waals surface area (Å²) in [5.74, 6) is -0.481. The molecule has 2 rings (SSSR count). The number of carbonyl (C=O) groups excluding carboxylic acids is 1. The molecule has 0 saturated carbocycles. The highest BCUT2D eigenvalue weighted by Crippen LogP contribution is 2.30. The Morgan fingerprint density at radius 1 is 1.56 bits per heavy atom. The van der Waals surface area contributed by atoms with E-state index in [1.54, 1.807) is 0 Å². The van der Waals surface area contributed by atoms with Gasteiger partial charge in [0.1, 0.15) is 12.9 Å². The average Bonchev–Trinajstić information content (AvgIpc) is 2.84. The molecule has 2 heterocycles. The van der Waals surface area contributed by atoms with Crippen LogP contribution in [0.2, 0.25) is 0 Å². The molecule has 1 aliphatic rings. The fourth-order valence-corrected chi connectivity index (χ4v) is 2.09. The highest BCUT2D eigenvalue weighted by Gasteiger charge is 2.34. The lowest BCUT2D eigenvalue weighted by atomic mass is 9.83. The number of halogens is 1. The standard InChI is InChI=1S/C12H12BrNO4/c13-10-5-9(6-17-10)11(15)18-8-12(7-14)1-3-16-4-2-12/h5-6H,1-4,8H2. The van der Waals surface area contributed by atoms with Crippen molar-refractivity contribution in [3.63, 3.8) is 0 Å². The van der Waals surface area contributed by atoms with Gasteiger partial charge in [0.05, 0.1) is 17.0 Å². The third kappa shape index (κ3) is 2.92. The maximum absolute atomic E-state index is 11.7. The number of furan rings is 1. The SMILES string of the molecule is N#CC1(COC(=O)c2coc(Br)c2)CCOCC1. The lowest BCUT2D eigenvalue weighted by Crippen LogP contribution is -2.33. The molecule has 96 valence electrons. The maximum atomic E-state index is 11.7. The van der Waals surface area contributed by atoms with Crippen LogP contribution >= 0.6 is 15.9 Å². The minimum Gasteiger partial charge on any atom is -0.460 e. The molecule has 0 atom stereocenters. The van der Waals surface area contributed by atoms with Crippen molar-refractivity contribution in [1.82, 2.24) is 0 Å². The largest absolute Gasteiger partial charge is 0.460 e. The van der Waals surface area contributed by atoms with Crippen molar-refractivity contribution in [2.24, 2.45) is 5.41 Å². The van der Waals surface area contributed by atoms with Gasteiger partial charge in [-0.15, -0.1) is 0 Å². The zero-order valence-corrected chi connectivity index (χ0v) is 11.2. The van der Waals surface area contributed by atoms with E-state index in [0.717, 1.165) is 0 Å². The summed E-state index contributed by atoms with van der Waals surface area (Å²) in [6.07, 6.45) is 2.49. The second-order valence-electron chi connectivity index (χ2n) is 4.22. The van der Waals surface area contributed by atoms with Crippen molar-refractivity contribution in [1.29, 1.82) is 5.26 Å². The molecule has 18 heavy (non-hydrogen) atoms. The van der Waals surface area contributed by atoms with E-state index >= 15 is 0 Å². The summed E-state index contributed by atoms with van der Waals surface area (Å²) in [6.45, 7) is 1.15. The molecule has 0 bridgehead atoms. The second kappa shape index (κ2) is 5.55. The molecule has 1 aromatic heterocycles. The highest BCUT2D eigenvalue weighted by molar-refractivity contribution is 9.10. The Hall–Kier alpha value is -1.32. The van der Waals surface area contributed by atoms with Crippen LogP contribution in [0.1, 0.15) is 23.2 Å². The van der Waals surface area contributed by atoms with Crippen LogP contribution in [-0.4, -0.2) is 25.8 Å². The van der Waals surface area contributed by atoms with Crippen LogP contribution in [0, 0.1) is 16.7 Å². The van der Waals surface area contributed by atoms with E-state index in [2.05, 4.69) is 22.0 Å². The van der Waals surface area contributed by atoms with Crippen LogP contribution in [0.5, 0.6) is 0 Å². The van der Waals surface area contributed by atoms with Crippen molar-refractivity contribution in [2.45, 2.75) is 12.8 Å². The van der Waals surface area contributed by atoms with Crippen molar-refractivity contribution in [3.05, 3.63) is 22.6 Å². The van der Waals surface area contributed by atoms with E-state index in [0.29, 0.717) is 36.3 Å². The molecule has 0 radical (unpaired) electrons. The lowest BCUT2D eigenvalue weighted by Gasteiger charge is -2.29. The molecule has 0 aliphatic carbocycles. The summed E-state index contributed by atoms with van der Waals surface area (Å²) < 4.78 is 15.8. The van der Waals surface area contributed by atoms with Gasteiger partial charge < -0.3 is 13.9 Å². The first-order valence-corrected chi connectivity index (χ1v) is 6.35. The van der Waals surface area contributed by atoms with Crippen LogP contribution in [0.15, 0.2) is 21.4 Å². The number of esters is 1. The van der Waals surface area contributed by atoms with Crippen LogP contribution < -0.4 is 0 Å². The maximum Gasteiger partial charge on any atom is 0.341 e. The third-order valence-electron chi connectivity index (χ3n) is 2.97. The van der Waals surface area contributed by atoms with Gasteiger partial charge in [-0.3, -0.25) is 0 Å². The fourth-order valence-electron chi connectivity index (χ4n) is 1.75. The number of carbonyl (C=O) groups is 1. The van der Waals surface area contributed by atoms with Gasteiger partial charge >= 0.3 is 5.97 Å². The number of hydrogen-bond donors (Lipinski definition) is 0. The molecule has 0 N–H and O–H groups in total. The first-order chi connectivity index (χ1) is 8.65. The molecule has 1 saturated heterocycles. The second-order valence-corrected chi connectivity index (χ2v) is 5.00. The van der Waals surface area contributed by atoms with Gasteiger partial charge in [0.25, 0.3) is 0 Å². The monoisotopic (exact) mass is 313 g/mol. The molecule has 0 amide bonds. The van der Waals surface area contributed by atoms with Crippen molar-refractivity contribution >= 4 is 21.9 Å². The van der Waals surface area contributed by atoms with Crippen LogP contribution in [-0.2, 0) is 9.47 Å². The quantitative estimate of drug-likeness (QED) is 0.802. The number of rotatable bonds is 3. The van der Waals surface area contributed by atoms with Gasteiger partial charge in [0.15, 0.2) is 4.67 Å². The predicted molar refractivity (Wildman–Crippen MR) is 64.8 cm³/mol. The van der Waals surface area contributed by atoms with Crippen molar-refractivity contribution < 1.29 is 18.7 Å². The van der Waals surface area contributed by atoms with E-state index in [4.69, 9.17) is 13.9 Å². The van der Waals surface area contributed by atoms with Gasteiger partial charge in [-0.1, -0.05) is 0 Å². The molecule has 0 spiro atoms. The smallest absolute Gasteiger partial charge is 0.341 e. The molecule has 1 aromatic rings. The molecule has 1 aliphatic heterocycles. The van der Waals surface area contributed by atoms with Gasteiger partial charge in [0.2, 0.25) is 0 Å². The topological polar surface area (TPSA) is 72.5 Å². The number of nitriles is 1. The Morgan fingerprint density at radius 2 is 2.28 bits per heavy atom. The van der Waals surface area contributed by atoms with Gasteiger partial charge in [0, 0.05) is 19.3 Å². The zero-order chi connectivity index (χ0) is 13.0. The van der Waals surface area contributed by atoms with E-state index in [-0.39, 0.29) is 6.61 Å². The molecule has 1 fully saturated rings. The average molecular weight is 314 g/mol. The third-order valence-corrected chi connectivity index (χ3v) is 3.39. The summed E-state index contributed by atoms with van der Waals surface area (Å²) in [6, 6.07) is 3.77. The highest BCUT2D eigenvalue weighted by atomic mass is 79.9. The van der Waals surface area contributed by atoms with Crippen LogP contribution in [0.4, 0.5) is 0 Å². The van der Waals surface area contributed by atoms with Crippen LogP contribution in [0.3, 0.4) is 0 Å². The van der Waals surface area contributed by atoms with Crippen molar-refractivity contribution in [2.75, 3.05) is 19.8 Å². The first-order valence-electron chi connectivity index (χ1n) is 5.55. The van der Waals surface area contributed by atoms with Crippen LogP contribution in [0.25, 0.3) is 0 Å². The fraction of sp³-hybridized carbons (Fsp3) is 0.500. The molecular weight excluding hydrogens is 302 g/mol. The normalized spacial score (nSPS) is 18.0. The van der Waals surface area contributed by atoms with E-state index in [1.165, 1.54) is 12.3 Å². The molecular formula is C12H12BrNO4. The molecule has 0 aromatic carbocycles.